The van der Waals surface area contributed by atoms with E-state index in [-0.39, 0.29) is 0 Å². The topological polar surface area (TPSA) is 56.7 Å². The molecule has 0 N–H and O–H groups in total. The molecule has 0 atom stereocenters. The van der Waals surface area contributed by atoms with Gasteiger partial charge in [-0.2, -0.15) is 0 Å². The first-order valence-electron chi connectivity index (χ1n) is 20.8. The van der Waals surface area contributed by atoms with Gasteiger partial charge in [0.05, 0.1) is 16.7 Å². The number of furan rings is 1. The molecule has 0 unspecified atom stereocenters. The summed E-state index contributed by atoms with van der Waals surface area (Å²) >= 11 is 0. The standard InChI is InChI=1S/C57H36N4O/c1-5-15-37(16-6-1)41-25-29-50-46(33-41)47-34-42(38-17-7-2-8-18-38)26-30-51(47)61(50)52-31-27-43(44-28-32-54-48(35-44)45-23-13-14-24-53(45)62-54)36-49(52)57-59-55(39-19-9-3-10-20-39)58-56(60-57)40-21-11-4-12-22-40/h1-36H. The van der Waals surface area contributed by atoms with Crippen molar-refractivity contribution in [2.75, 3.05) is 0 Å². The monoisotopic (exact) mass is 792 g/mol. The van der Waals surface area contributed by atoms with Gasteiger partial charge in [0.25, 0.3) is 0 Å². The smallest absolute Gasteiger partial charge is 0.166 e. The molecule has 0 saturated heterocycles. The van der Waals surface area contributed by atoms with Gasteiger partial charge < -0.3 is 8.98 Å². The van der Waals surface area contributed by atoms with E-state index in [4.69, 9.17) is 19.4 Å². The van der Waals surface area contributed by atoms with E-state index in [1.165, 1.54) is 11.1 Å². The number of nitrogens with zero attached hydrogens (tertiary/aromatic N) is 4. The molecule has 0 aliphatic carbocycles. The van der Waals surface area contributed by atoms with Gasteiger partial charge in [-0.1, -0.05) is 164 Å². The molecule has 0 radical (unpaired) electrons. The van der Waals surface area contributed by atoms with Crippen molar-refractivity contribution in [3.63, 3.8) is 0 Å². The van der Waals surface area contributed by atoms with Gasteiger partial charge in [-0.3, -0.25) is 0 Å². The van der Waals surface area contributed by atoms with Crippen LogP contribution in [-0.4, -0.2) is 19.5 Å². The highest BCUT2D eigenvalue weighted by atomic mass is 16.3. The van der Waals surface area contributed by atoms with Gasteiger partial charge in [-0.15, -0.1) is 0 Å². The van der Waals surface area contributed by atoms with E-state index in [1.54, 1.807) is 0 Å². The molecular formula is C57H36N4O. The Labute approximate surface area is 357 Å². The number of hydrogen-bond acceptors (Lipinski definition) is 4. The Kier molecular flexibility index (Phi) is 8.42. The molecule has 0 saturated carbocycles. The molecule has 5 heteroatoms. The molecule has 0 bridgehead atoms. The summed E-state index contributed by atoms with van der Waals surface area (Å²) in [5, 5.41) is 4.50. The number of hydrogen-bond donors (Lipinski definition) is 0. The molecule has 0 amide bonds. The van der Waals surface area contributed by atoms with Crippen LogP contribution in [0, 0.1) is 0 Å². The van der Waals surface area contributed by atoms with E-state index in [0.29, 0.717) is 17.5 Å². The summed E-state index contributed by atoms with van der Waals surface area (Å²) in [5.41, 5.74) is 14.4. The fraction of sp³-hybridized carbons (Fsp3) is 0. The van der Waals surface area contributed by atoms with Crippen molar-refractivity contribution in [3.8, 4) is 73.2 Å². The first kappa shape index (κ1) is 35.5. The second-order valence-electron chi connectivity index (χ2n) is 15.6. The first-order valence-corrected chi connectivity index (χ1v) is 20.8. The molecule has 290 valence electrons. The predicted molar refractivity (Wildman–Crippen MR) is 254 cm³/mol. The number of fused-ring (bicyclic) bond motifs is 6. The zero-order valence-electron chi connectivity index (χ0n) is 33.5. The van der Waals surface area contributed by atoms with Crippen LogP contribution in [0.3, 0.4) is 0 Å². The highest BCUT2D eigenvalue weighted by molar-refractivity contribution is 6.12. The quantitative estimate of drug-likeness (QED) is 0.161. The molecule has 9 aromatic carbocycles. The molecular weight excluding hydrogens is 757 g/mol. The van der Waals surface area contributed by atoms with Crippen LogP contribution in [0.2, 0.25) is 0 Å². The molecule has 0 aliphatic heterocycles. The van der Waals surface area contributed by atoms with Crippen LogP contribution >= 0.6 is 0 Å². The van der Waals surface area contributed by atoms with Crippen LogP contribution in [0.25, 0.3) is 117 Å². The van der Waals surface area contributed by atoms with Crippen molar-refractivity contribution in [2.24, 2.45) is 0 Å². The van der Waals surface area contributed by atoms with Crippen molar-refractivity contribution in [3.05, 3.63) is 218 Å². The maximum Gasteiger partial charge on any atom is 0.166 e. The maximum atomic E-state index is 6.24. The van der Waals surface area contributed by atoms with Crippen LogP contribution < -0.4 is 0 Å². The lowest BCUT2D eigenvalue weighted by Crippen LogP contribution is -2.04. The molecule has 12 aromatic rings. The summed E-state index contributed by atoms with van der Waals surface area (Å²) < 4.78 is 8.62. The van der Waals surface area contributed by atoms with Crippen molar-refractivity contribution in [1.82, 2.24) is 19.5 Å². The van der Waals surface area contributed by atoms with Gasteiger partial charge in [0.1, 0.15) is 11.2 Å². The molecule has 0 spiro atoms. The Morgan fingerprint density at radius 1 is 0.290 bits per heavy atom. The van der Waals surface area contributed by atoms with Gasteiger partial charge >= 0.3 is 0 Å². The second kappa shape index (κ2) is 14.7. The third-order valence-electron chi connectivity index (χ3n) is 11.9. The summed E-state index contributed by atoms with van der Waals surface area (Å²) in [5.74, 6) is 1.81. The minimum absolute atomic E-state index is 0.584. The van der Waals surface area contributed by atoms with Crippen molar-refractivity contribution in [1.29, 1.82) is 0 Å². The maximum absolute atomic E-state index is 6.24. The molecule has 12 rings (SSSR count). The first-order chi connectivity index (χ1) is 30.7. The zero-order valence-corrected chi connectivity index (χ0v) is 33.5. The fourth-order valence-electron chi connectivity index (χ4n) is 8.83. The molecule has 0 fully saturated rings. The number of para-hydroxylation sites is 1. The van der Waals surface area contributed by atoms with E-state index in [0.717, 1.165) is 88.4 Å². The van der Waals surface area contributed by atoms with Crippen LogP contribution in [0.1, 0.15) is 0 Å². The van der Waals surface area contributed by atoms with Crippen molar-refractivity contribution < 1.29 is 4.42 Å². The van der Waals surface area contributed by atoms with E-state index < -0.39 is 0 Å². The summed E-state index contributed by atoms with van der Waals surface area (Å²) in [6, 6.07) is 76.5. The van der Waals surface area contributed by atoms with E-state index in [2.05, 4.69) is 174 Å². The number of benzene rings is 9. The SMILES string of the molecule is c1ccc(-c2ccc3c(c2)c2cc(-c4ccccc4)ccc2n3-c2ccc(-c3ccc4oc5ccccc5c4c3)cc2-c2nc(-c3ccccc3)nc(-c3ccccc3)n2)cc1. The average Bonchev–Trinajstić information content (AvgIpc) is 3.89. The summed E-state index contributed by atoms with van der Waals surface area (Å²) in [6.45, 7) is 0. The fourth-order valence-corrected chi connectivity index (χ4v) is 8.83. The van der Waals surface area contributed by atoms with E-state index >= 15 is 0 Å². The van der Waals surface area contributed by atoms with Gasteiger partial charge in [0.15, 0.2) is 17.5 Å². The summed E-state index contributed by atoms with van der Waals surface area (Å²) in [7, 11) is 0. The molecule has 3 heterocycles. The second-order valence-corrected chi connectivity index (χ2v) is 15.6. The van der Waals surface area contributed by atoms with Gasteiger partial charge in [0.2, 0.25) is 0 Å². The largest absolute Gasteiger partial charge is 0.456 e. The van der Waals surface area contributed by atoms with Crippen molar-refractivity contribution in [2.45, 2.75) is 0 Å². The summed E-state index contributed by atoms with van der Waals surface area (Å²) in [4.78, 5) is 15.7. The van der Waals surface area contributed by atoms with Crippen LogP contribution in [-0.2, 0) is 0 Å². The average molecular weight is 793 g/mol. The lowest BCUT2D eigenvalue weighted by Gasteiger charge is -2.16. The Balaban J connectivity index is 1.15. The lowest BCUT2D eigenvalue weighted by molar-refractivity contribution is 0.669. The number of rotatable bonds is 7. The summed E-state index contributed by atoms with van der Waals surface area (Å²) in [6.07, 6.45) is 0. The molecule has 62 heavy (non-hydrogen) atoms. The molecule has 0 aliphatic rings. The van der Waals surface area contributed by atoms with Gasteiger partial charge in [0, 0.05) is 38.2 Å². The Hall–Kier alpha value is -8.41. The highest BCUT2D eigenvalue weighted by Gasteiger charge is 2.22. The lowest BCUT2D eigenvalue weighted by atomic mass is 9.99. The van der Waals surface area contributed by atoms with Crippen LogP contribution in [0.5, 0.6) is 0 Å². The van der Waals surface area contributed by atoms with E-state index in [9.17, 15) is 0 Å². The highest BCUT2D eigenvalue weighted by Crippen LogP contribution is 2.41. The molecule has 5 nitrogen and oxygen atoms in total. The normalized spacial score (nSPS) is 11.5. The third kappa shape index (κ3) is 6.14. The van der Waals surface area contributed by atoms with Crippen molar-refractivity contribution >= 4 is 43.7 Å². The predicted octanol–water partition coefficient (Wildman–Crippen LogP) is 14.9. The minimum Gasteiger partial charge on any atom is -0.456 e. The van der Waals surface area contributed by atoms with Crippen LogP contribution in [0.4, 0.5) is 0 Å². The van der Waals surface area contributed by atoms with Gasteiger partial charge in [-0.05, 0) is 88.0 Å². The Morgan fingerprint density at radius 3 is 1.29 bits per heavy atom. The third-order valence-corrected chi connectivity index (χ3v) is 11.9. The Bertz CT molecular complexity index is 3460. The van der Waals surface area contributed by atoms with Gasteiger partial charge in [-0.25, -0.2) is 15.0 Å². The number of aromatic nitrogens is 4. The Morgan fingerprint density at radius 2 is 0.710 bits per heavy atom. The molecule has 3 aromatic heterocycles. The minimum atomic E-state index is 0.584. The van der Waals surface area contributed by atoms with E-state index in [1.807, 2.05) is 48.5 Å². The van der Waals surface area contributed by atoms with Crippen LogP contribution in [0.15, 0.2) is 223 Å². The zero-order chi connectivity index (χ0) is 41.0.